The zero-order valence-corrected chi connectivity index (χ0v) is 20.8. The summed E-state index contributed by atoms with van der Waals surface area (Å²) in [7, 11) is 0. The number of pyridine rings is 2. The molecule has 0 spiro atoms. The van der Waals surface area contributed by atoms with Crippen molar-refractivity contribution >= 4 is 11.9 Å². The van der Waals surface area contributed by atoms with E-state index in [0.717, 1.165) is 22.3 Å². The SMILES string of the molecule is CC.CC.Cc1cccc(C)c1-c1cncc(C(CC(=O)O)NC(=O)Cn2ccccc2=O)c1. The van der Waals surface area contributed by atoms with Crippen molar-refractivity contribution < 1.29 is 14.7 Å². The van der Waals surface area contributed by atoms with Crippen LogP contribution in [0, 0.1) is 13.8 Å². The predicted molar refractivity (Wildman–Crippen MR) is 136 cm³/mol. The Morgan fingerprint density at radius 1 is 1.00 bits per heavy atom. The number of hydrogen-bond donors (Lipinski definition) is 2. The Bertz CT molecular complexity index is 1120. The summed E-state index contributed by atoms with van der Waals surface area (Å²) in [5.41, 5.74) is 4.33. The lowest BCUT2D eigenvalue weighted by Crippen LogP contribution is -2.35. The van der Waals surface area contributed by atoms with E-state index >= 15 is 0 Å². The minimum absolute atomic E-state index is 0.195. The maximum atomic E-state index is 12.5. The van der Waals surface area contributed by atoms with Gasteiger partial charge in [0.1, 0.15) is 6.54 Å². The smallest absolute Gasteiger partial charge is 0.305 e. The molecule has 3 rings (SSSR count). The van der Waals surface area contributed by atoms with E-state index in [1.54, 1.807) is 24.5 Å². The molecule has 0 saturated heterocycles. The quantitative estimate of drug-likeness (QED) is 0.516. The Balaban J connectivity index is 0.00000137. The molecule has 1 aromatic carbocycles. The van der Waals surface area contributed by atoms with Crippen molar-refractivity contribution in [3.63, 3.8) is 0 Å². The molecule has 0 aliphatic rings. The first-order valence-corrected chi connectivity index (χ1v) is 11.5. The average Bonchev–Trinajstić information content (AvgIpc) is 2.82. The van der Waals surface area contributed by atoms with Crippen LogP contribution in [0.15, 0.2) is 65.8 Å². The molecule has 3 aromatic rings. The average molecular weight is 466 g/mol. The van der Waals surface area contributed by atoms with Crippen molar-refractivity contribution in [2.45, 2.75) is 60.5 Å². The molecular weight excluding hydrogens is 430 g/mol. The van der Waals surface area contributed by atoms with E-state index in [-0.39, 0.29) is 18.5 Å². The van der Waals surface area contributed by atoms with Gasteiger partial charge in [-0.05, 0) is 48.2 Å². The molecule has 1 amide bonds. The van der Waals surface area contributed by atoms with Gasteiger partial charge >= 0.3 is 5.97 Å². The maximum Gasteiger partial charge on any atom is 0.305 e. The van der Waals surface area contributed by atoms with Crippen LogP contribution in [0.4, 0.5) is 0 Å². The molecular formula is C27H35N3O4. The minimum Gasteiger partial charge on any atom is -0.481 e. The molecule has 0 aliphatic carbocycles. The van der Waals surface area contributed by atoms with E-state index in [4.69, 9.17) is 0 Å². The topological polar surface area (TPSA) is 101 Å². The van der Waals surface area contributed by atoms with Gasteiger partial charge in [-0.25, -0.2) is 0 Å². The van der Waals surface area contributed by atoms with Gasteiger partial charge in [0.05, 0.1) is 12.5 Å². The zero-order valence-electron chi connectivity index (χ0n) is 20.8. The number of carbonyl (C=O) groups excluding carboxylic acids is 1. The van der Waals surface area contributed by atoms with Gasteiger partial charge in [-0.3, -0.25) is 19.4 Å². The van der Waals surface area contributed by atoms with E-state index in [1.807, 2.05) is 65.8 Å². The Hall–Kier alpha value is -3.74. The van der Waals surface area contributed by atoms with Gasteiger partial charge in [0, 0.05) is 30.2 Å². The zero-order chi connectivity index (χ0) is 25.7. The fourth-order valence-electron chi connectivity index (χ4n) is 3.47. The van der Waals surface area contributed by atoms with Crippen molar-refractivity contribution in [2.75, 3.05) is 0 Å². The number of nitrogens with zero attached hydrogens (tertiary/aromatic N) is 2. The molecule has 182 valence electrons. The number of nitrogens with one attached hydrogen (secondary N) is 1. The third-order valence-corrected chi connectivity index (χ3v) is 4.86. The van der Waals surface area contributed by atoms with E-state index in [0.29, 0.717) is 5.56 Å². The number of aliphatic carboxylic acids is 1. The van der Waals surface area contributed by atoms with Crippen LogP contribution in [0.5, 0.6) is 0 Å². The first-order valence-electron chi connectivity index (χ1n) is 11.5. The summed E-state index contributed by atoms with van der Waals surface area (Å²) in [5.74, 6) is -1.50. The first-order chi connectivity index (χ1) is 16.3. The second kappa shape index (κ2) is 14.4. The van der Waals surface area contributed by atoms with E-state index in [2.05, 4.69) is 10.3 Å². The monoisotopic (exact) mass is 465 g/mol. The fourth-order valence-corrected chi connectivity index (χ4v) is 3.47. The van der Waals surface area contributed by atoms with Crippen LogP contribution in [0.1, 0.15) is 56.8 Å². The number of carbonyl (C=O) groups is 2. The number of benzene rings is 1. The molecule has 0 bridgehead atoms. The van der Waals surface area contributed by atoms with Crippen molar-refractivity contribution in [3.8, 4) is 11.1 Å². The summed E-state index contributed by atoms with van der Waals surface area (Å²) >= 11 is 0. The van der Waals surface area contributed by atoms with Gasteiger partial charge in [-0.15, -0.1) is 0 Å². The van der Waals surface area contributed by atoms with Crippen LogP contribution in [0.25, 0.3) is 11.1 Å². The summed E-state index contributed by atoms with van der Waals surface area (Å²) in [6.45, 7) is 11.8. The molecule has 34 heavy (non-hydrogen) atoms. The van der Waals surface area contributed by atoms with Crippen molar-refractivity contribution in [2.24, 2.45) is 0 Å². The van der Waals surface area contributed by atoms with Crippen LogP contribution >= 0.6 is 0 Å². The van der Waals surface area contributed by atoms with Gasteiger partial charge in [0.25, 0.3) is 5.56 Å². The molecule has 2 heterocycles. The highest BCUT2D eigenvalue weighted by atomic mass is 16.4. The third-order valence-electron chi connectivity index (χ3n) is 4.86. The molecule has 0 saturated carbocycles. The lowest BCUT2D eigenvalue weighted by Gasteiger charge is -2.19. The van der Waals surface area contributed by atoms with Crippen LogP contribution < -0.4 is 10.9 Å². The molecule has 1 unspecified atom stereocenters. The molecule has 7 nitrogen and oxygen atoms in total. The highest BCUT2D eigenvalue weighted by Gasteiger charge is 2.20. The number of aryl methyl sites for hydroxylation is 2. The number of hydrogen-bond acceptors (Lipinski definition) is 4. The number of amides is 1. The van der Waals surface area contributed by atoms with Crippen molar-refractivity contribution in [1.29, 1.82) is 0 Å². The highest BCUT2D eigenvalue weighted by Crippen LogP contribution is 2.29. The number of rotatable bonds is 7. The Labute approximate surface area is 201 Å². The lowest BCUT2D eigenvalue weighted by molar-refractivity contribution is -0.137. The van der Waals surface area contributed by atoms with Crippen LogP contribution in [-0.2, 0) is 16.1 Å². The lowest BCUT2D eigenvalue weighted by atomic mass is 9.94. The second-order valence-electron chi connectivity index (χ2n) is 7.16. The summed E-state index contributed by atoms with van der Waals surface area (Å²) < 4.78 is 1.26. The van der Waals surface area contributed by atoms with Gasteiger partial charge in [-0.2, -0.15) is 0 Å². The molecule has 0 radical (unpaired) electrons. The largest absolute Gasteiger partial charge is 0.481 e. The van der Waals surface area contributed by atoms with Gasteiger partial charge in [-0.1, -0.05) is 52.0 Å². The molecule has 0 fully saturated rings. The Morgan fingerprint density at radius 2 is 1.65 bits per heavy atom. The van der Waals surface area contributed by atoms with Crippen molar-refractivity contribution in [3.05, 3.63) is 88.1 Å². The molecule has 2 N–H and O–H groups in total. The third kappa shape index (κ3) is 7.99. The van der Waals surface area contributed by atoms with E-state index in [1.165, 1.54) is 16.8 Å². The minimum atomic E-state index is -1.05. The number of aromatic nitrogens is 2. The Morgan fingerprint density at radius 3 is 2.24 bits per heavy atom. The van der Waals surface area contributed by atoms with Gasteiger partial charge < -0.3 is 15.0 Å². The normalized spacial score (nSPS) is 10.6. The highest BCUT2D eigenvalue weighted by molar-refractivity contribution is 5.78. The van der Waals surface area contributed by atoms with E-state index in [9.17, 15) is 19.5 Å². The molecule has 7 heteroatoms. The first kappa shape index (κ1) is 28.3. The number of carboxylic acids is 1. The summed E-state index contributed by atoms with van der Waals surface area (Å²) in [5, 5.41) is 12.1. The van der Waals surface area contributed by atoms with Gasteiger partial charge in [0.15, 0.2) is 0 Å². The van der Waals surface area contributed by atoms with Crippen LogP contribution in [0.3, 0.4) is 0 Å². The van der Waals surface area contributed by atoms with Gasteiger partial charge in [0.2, 0.25) is 5.91 Å². The summed E-state index contributed by atoms with van der Waals surface area (Å²) in [6.07, 6.45) is 4.49. The van der Waals surface area contributed by atoms with E-state index < -0.39 is 17.9 Å². The van der Waals surface area contributed by atoms with Crippen molar-refractivity contribution in [1.82, 2.24) is 14.9 Å². The summed E-state index contributed by atoms with van der Waals surface area (Å²) in [6, 6.07) is 11.7. The second-order valence-corrected chi connectivity index (χ2v) is 7.16. The maximum absolute atomic E-state index is 12.5. The summed E-state index contributed by atoms with van der Waals surface area (Å²) in [4.78, 5) is 40.0. The van der Waals surface area contributed by atoms with Crippen LogP contribution in [0.2, 0.25) is 0 Å². The molecule has 0 aliphatic heterocycles. The molecule has 1 atom stereocenters. The Kier molecular flexibility index (Phi) is 12.0. The predicted octanol–water partition coefficient (Wildman–Crippen LogP) is 4.91. The fraction of sp³-hybridized carbons (Fsp3) is 0.333. The number of carboxylic acid groups (broad SMARTS) is 1. The molecule has 2 aromatic heterocycles. The van der Waals surface area contributed by atoms with Crippen LogP contribution in [-0.4, -0.2) is 26.5 Å². The standard InChI is InChI=1S/C23H23N3O4.2C2H6/c1-15-6-5-7-16(2)23(15)18-10-17(12-24-13-18)19(11-22(29)30)25-20(27)14-26-9-4-3-8-21(26)28;2*1-2/h3-10,12-13,19H,11,14H2,1-2H3,(H,25,27)(H,29,30);2*1-2H3.